The fourth-order valence-corrected chi connectivity index (χ4v) is 2.70. The first kappa shape index (κ1) is 16.0. The summed E-state index contributed by atoms with van der Waals surface area (Å²) in [6, 6.07) is -0.605. The van der Waals surface area contributed by atoms with Gasteiger partial charge < -0.3 is 10.0 Å². The zero-order valence-corrected chi connectivity index (χ0v) is 12.2. The third kappa shape index (κ3) is 5.21. The Morgan fingerprint density at radius 1 is 1.21 bits per heavy atom. The number of unbranched alkanes of at least 4 members (excludes halogenated alkanes) is 4. The molecule has 1 N–H and O–H groups in total. The maximum Gasteiger partial charge on any atom is 0.326 e. The Labute approximate surface area is 116 Å². The van der Waals surface area contributed by atoms with E-state index < -0.39 is 12.0 Å². The molecule has 0 spiro atoms. The molecular formula is C15H27NO3. The summed E-state index contributed by atoms with van der Waals surface area (Å²) in [6.07, 6.45) is 7.55. The van der Waals surface area contributed by atoms with Crippen LogP contribution in [-0.4, -0.2) is 34.5 Å². The van der Waals surface area contributed by atoms with Gasteiger partial charge in [0.15, 0.2) is 0 Å². The average Bonchev–Trinajstić information content (AvgIpc) is 2.38. The number of carboxylic acid groups (broad SMARTS) is 1. The number of carbonyl (C=O) groups is 2. The molecule has 0 aromatic heterocycles. The maximum atomic E-state index is 12.1. The number of hydrogen-bond acceptors (Lipinski definition) is 2. The smallest absolute Gasteiger partial charge is 0.326 e. The van der Waals surface area contributed by atoms with Crippen LogP contribution in [0.1, 0.15) is 65.2 Å². The van der Waals surface area contributed by atoms with E-state index in [1.807, 2.05) is 0 Å². The van der Waals surface area contributed by atoms with Crippen molar-refractivity contribution >= 4 is 11.9 Å². The zero-order valence-electron chi connectivity index (χ0n) is 12.2. The van der Waals surface area contributed by atoms with Gasteiger partial charge in [-0.15, -0.1) is 0 Å². The molecule has 2 unspecified atom stereocenters. The summed E-state index contributed by atoms with van der Waals surface area (Å²) in [7, 11) is 0. The first-order chi connectivity index (χ1) is 9.06. The minimum Gasteiger partial charge on any atom is -0.480 e. The number of carbonyl (C=O) groups excluding carboxylic acids is 1. The summed E-state index contributed by atoms with van der Waals surface area (Å²) in [5.41, 5.74) is 0. The standard InChI is InChI=1S/C15H27NO3/c1-3-4-5-6-7-8-14(17)16-10-9-12(2)11-13(16)15(18)19/h12-13H,3-11H2,1-2H3,(H,18,19). The number of amides is 1. The Morgan fingerprint density at radius 3 is 2.53 bits per heavy atom. The number of carboxylic acids is 1. The number of rotatable bonds is 7. The van der Waals surface area contributed by atoms with E-state index >= 15 is 0 Å². The molecule has 0 aliphatic carbocycles. The van der Waals surface area contributed by atoms with Crippen molar-refractivity contribution in [2.45, 2.75) is 71.3 Å². The number of piperidine rings is 1. The maximum absolute atomic E-state index is 12.1. The lowest BCUT2D eigenvalue weighted by Gasteiger charge is -2.36. The van der Waals surface area contributed by atoms with Crippen LogP contribution in [0.15, 0.2) is 0 Å². The number of nitrogens with zero attached hydrogens (tertiary/aromatic N) is 1. The van der Waals surface area contributed by atoms with Gasteiger partial charge in [-0.25, -0.2) is 4.79 Å². The molecule has 0 aromatic carbocycles. The van der Waals surface area contributed by atoms with E-state index in [1.165, 1.54) is 19.3 Å². The highest BCUT2D eigenvalue weighted by Crippen LogP contribution is 2.23. The van der Waals surface area contributed by atoms with Crippen molar-refractivity contribution in [1.82, 2.24) is 4.90 Å². The van der Waals surface area contributed by atoms with Gasteiger partial charge in [-0.05, 0) is 25.2 Å². The van der Waals surface area contributed by atoms with Crippen LogP contribution in [0.5, 0.6) is 0 Å². The van der Waals surface area contributed by atoms with E-state index in [9.17, 15) is 14.7 Å². The van der Waals surface area contributed by atoms with Gasteiger partial charge in [-0.1, -0.05) is 39.5 Å². The predicted molar refractivity (Wildman–Crippen MR) is 74.9 cm³/mol. The van der Waals surface area contributed by atoms with Crippen molar-refractivity contribution in [2.75, 3.05) is 6.54 Å². The van der Waals surface area contributed by atoms with Crippen LogP contribution < -0.4 is 0 Å². The second kappa shape index (κ2) is 8.18. The zero-order chi connectivity index (χ0) is 14.3. The molecule has 1 amide bonds. The molecule has 1 rings (SSSR count). The molecule has 2 atom stereocenters. The molecule has 0 radical (unpaired) electrons. The highest BCUT2D eigenvalue weighted by Gasteiger charge is 2.34. The number of hydrogen-bond donors (Lipinski definition) is 1. The largest absolute Gasteiger partial charge is 0.480 e. The van der Waals surface area contributed by atoms with Crippen LogP contribution >= 0.6 is 0 Å². The van der Waals surface area contributed by atoms with Gasteiger partial charge in [0, 0.05) is 13.0 Å². The van der Waals surface area contributed by atoms with Crippen molar-refractivity contribution in [2.24, 2.45) is 5.92 Å². The van der Waals surface area contributed by atoms with E-state index in [0.717, 1.165) is 19.3 Å². The molecule has 1 fully saturated rings. The Balaban J connectivity index is 2.38. The van der Waals surface area contributed by atoms with Crippen molar-refractivity contribution in [3.63, 3.8) is 0 Å². The summed E-state index contributed by atoms with van der Waals surface area (Å²) in [6.45, 7) is 4.83. The van der Waals surface area contributed by atoms with E-state index in [1.54, 1.807) is 4.90 Å². The lowest BCUT2D eigenvalue weighted by atomic mass is 9.92. The van der Waals surface area contributed by atoms with E-state index in [-0.39, 0.29) is 5.91 Å². The van der Waals surface area contributed by atoms with Crippen molar-refractivity contribution in [3.8, 4) is 0 Å². The van der Waals surface area contributed by atoms with Gasteiger partial charge in [0.05, 0.1) is 0 Å². The summed E-state index contributed by atoms with van der Waals surface area (Å²) < 4.78 is 0. The third-order valence-corrected chi connectivity index (χ3v) is 3.96. The first-order valence-electron chi connectivity index (χ1n) is 7.58. The van der Waals surface area contributed by atoms with Crippen LogP contribution in [0.25, 0.3) is 0 Å². The normalized spacial score (nSPS) is 23.4. The monoisotopic (exact) mass is 269 g/mol. The Morgan fingerprint density at radius 2 is 1.89 bits per heavy atom. The van der Waals surface area contributed by atoms with E-state index in [2.05, 4.69) is 13.8 Å². The van der Waals surface area contributed by atoms with Gasteiger partial charge in [0.25, 0.3) is 0 Å². The molecule has 0 bridgehead atoms. The molecule has 4 heteroatoms. The second-order valence-electron chi connectivity index (χ2n) is 5.73. The highest BCUT2D eigenvalue weighted by atomic mass is 16.4. The molecule has 110 valence electrons. The fraction of sp³-hybridized carbons (Fsp3) is 0.867. The topological polar surface area (TPSA) is 57.6 Å². The van der Waals surface area contributed by atoms with Gasteiger partial charge >= 0.3 is 5.97 Å². The molecule has 1 saturated heterocycles. The van der Waals surface area contributed by atoms with Gasteiger partial charge in [-0.2, -0.15) is 0 Å². The molecule has 19 heavy (non-hydrogen) atoms. The van der Waals surface area contributed by atoms with Crippen LogP contribution in [0.2, 0.25) is 0 Å². The Kier molecular flexibility index (Phi) is 6.89. The Bertz CT molecular complexity index is 304. The van der Waals surface area contributed by atoms with E-state index in [4.69, 9.17) is 0 Å². The van der Waals surface area contributed by atoms with Gasteiger partial charge in [-0.3, -0.25) is 4.79 Å². The highest BCUT2D eigenvalue weighted by molar-refractivity contribution is 5.83. The fourth-order valence-electron chi connectivity index (χ4n) is 2.70. The van der Waals surface area contributed by atoms with Gasteiger partial charge in [0.1, 0.15) is 6.04 Å². The number of likely N-dealkylation sites (tertiary alicyclic amines) is 1. The second-order valence-corrected chi connectivity index (χ2v) is 5.73. The quantitative estimate of drug-likeness (QED) is 0.723. The molecule has 0 saturated carbocycles. The van der Waals surface area contributed by atoms with Crippen molar-refractivity contribution in [1.29, 1.82) is 0 Å². The summed E-state index contributed by atoms with van der Waals surface area (Å²) in [5, 5.41) is 9.22. The molecule has 4 nitrogen and oxygen atoms in total. The average molecular weight is 269 g/mol. The van der Waals surface area contributed by atoms with Crippen LogP contribution in [-0.2, 0) is 9.59 Å². The lowest BCUT2D eigenvalue weighted by molar-refractivity contribution is -0.153. The van der Waals surface area contributed by atoms with Gasteiger partial charge in [0.2, 0.25) is 5.91 Å². The molecule has 1 heterocycles. The summed E-state index contributed by atoms with van der Waals surface area (Å²) in [4.78, 5) is 24.9. The summed E-state index contributed by atoms with van der Waals surface area (Å²) in [5.74, 6) is -0.434. The minimum atomic E-state index is -0.856. The Hall–Kier alpha value is -1.06. The lowest BCUT2D eigenvalue weighted by Crippen LogP contribution is -2.49. The van der Waals surface area contributed by atoms with Crippen molar-refractivity contribution < 1.29 is 14.7 Å². The molecule has 1 aliphatic heterocycles. The van der Waals surface area contributed by atoms with Crippen molar-refractivity contribution in [3.05, 3.63) is 0 Å². The van der Waals surface area contributed by atoms with Crippen LogP contribution in [0.4, 0.5) is 0 Å². The third-order valence-electron chi connectivity index (χ3n) is 3.96. The number of aliphatic carboxylic acids is 1. The molecular weight excluding hydrogens is 242 g/mol. The van der Waals surface area contributed by atoms with Crippen LogP contribution in [0.3, 0.4) is 0 Å². The minimum absolute atomic E-state index is 0.0239. The van der Waals surface area contributed by atoms with E-state index in [0.29, 0.717) is 25.3 Å². The summed E-state index contributed by atoms with van der Waals surface area (Å²) >= 11 is 0. The van der Waals surface area contributed by atoms with Crippen LogP contribution in [0, 0.1) is 5.92 Å². The predicted octanol–water partition coefficient (Wildman–Crippen LogP) is 3.06. The SMILES string of the molecule is CCCCCCCC(=O)N1CCC(C)CC1C(=O)O. The molecule has 1 aliphatic rings. The first-order valence-corrected chi connectivity index (χ1v) is 7.58. The molecule has 0 aromatic rings.